The molecule has 1 aliphatic rings. The van der Waals surface area contributed by atoms with E-state index in [4.69, 9.17) is 4.74 Å². The molecular weight excluding hydrogens is 396 g/mol. The molecule has 0 spiro atoms. The van der Waals surface area contributed by atoms with Gasteiger partial charge in [-0.15, -0.1) is 6.58 Å². The summed E-state index contributed by atoms with van der Waals surface area (Å²) >= 11 is 0. The topological polar surface area (TPSA) is 9.23 Å². The molecule has 31 heavy (non-hydrogen) atoms. The minimum absolute atomic E-state index is 0.0385. The normalized spacial score (nSPS) is 18.7. The van der Waals surface area contributed by atoms with Crippen LogP contribution >= 0.6 is 0 Å². The zero-order valence-corrected chi connectivity index (χ0v) is 17.5. The number of halogens is 3. The first kappa shape index (κ1) is 21.4. The van der Waals surface area contributed by atoms with Crippen molar-refractivity contribution in [3.8, 4) is 22.3 Å². The van der Waals surface area contributed by atoms with Crippen molar-refractivity contribution >= 4 is 7.85 Å². The van der Waals surface area contributed by atoms with E-state index in [-0.39, 0.29) is 23.4 Å². The average molecular weight is 420 g/mol. The zero-order valence-electron chi connectivity index (χ0n) is 17.5. The maximum absolute atomic E-state index is 14.8. The number of hydrogen-bond acceptors (Lipinski definition) is 1. The lowest BCUT2D eigenvalue weighted by Crippen LogP contribution is -2.23. The summed E-state index contributed by atoms with van der Waals surface area (Å²) in [6, 6.07) is 15.5. The smallest absolute Gasteiger partial charge is 0.166 e. The van der Waals surface area contributed by atoms with Crippen molar-refractivity contribution in [2.75, 3.05) is 6.61 Å². The van der Waals surface area contributed by atoms with Crippen molar-refractivity contribution in [3.05, 3.63) is 95.8 Å². The molecule has 1 saturated heterocycles. The monoisotopic (exact) mass is 420 g/mol. The highest BCUT2D eigenvalue weighted by Gasteiger charge is 2.23. The predicted molar refractivity (Wildman–Crippen MR) is 121 cm³/mol. The quantitative estimate of drug-likeness (QED) is 0.362. The SMILES string of the molecule is BCc1ccc(-c2ccc(-c3ccc(C4CCC(C=C)OC4)c(F)c3)cc2)c(F)c1F. The lowest BCUT2D eigenvalue weighted by Gasteiger charge is -2.27. The second kappa shape index (κ2) is 9.15. The van der Waals surface area contributed by atoms with Gasteiger partial charge in [-0.3, -0.25) is 0 Å². The highest BCUT2D eigenvalue weighted by atomic mass is 19.2. The fourth-order valence-electron chi connectivity index (χ4n) is 4.17. The van der Waals surface area contributed by atoms with Crippen LogP contribution in [0, 0.1) is 17.5 Å². The third-order valence-electron chi connectivity index (χ3n) is 6.09. The standard InChI is InChI=1S/C26H24BF3O/c1-2-21-10-7-20(15-31-21)22-11-8-18(13-24(22)28)16-3-5-17(6-4-16)23-12-9-19(14-27)25(29)26(23)30/h2-6,8-9,11-13,20-21H,1,7,10,14-15,27H2. The summed E-state index contributed by atoms with van der Waals surface area (Å²) in [6.07, 6.45) is 3.98. The van der Waals surface area contributed by atoms with Crippen molar-refractivity contribution in [1.29, 1.82) is 0 Å². The molecule has 0 N–H and O–H groups in total. The third kappa shape index (κ3) is 4.33. The molecule has 5 heteroatoms. The molecule has 158 valence electrons. The fraction of sp³-hybridized carbons (Fsp3) is 0.231. The number of rotatable bonds is 5. The maximum Gasteiger partial charge on any atom is 0.166 e. The van der Waals surface area contributed by atoms with Crippen LogP contribution in [0.4, 0.5) is 13.2 Å². The summed E-state index contributed by atoms with van der Waals surface area (Å²) in [4.78, 5) is 0. The number of hydrogen-bond donors (Lipinski definition) is 0. The van der Waals surface area contributed by atoms with Crippen molar-refractivity contribution < 1.29 is 17.9 Å². The van der Waals surface area contributed by atoms with Gasteiger partial charge in [0.25, 0.3) is 0 Å². The lowest BCUT2D eigenvalue weighted by atomic mass is 9.89. The van der Waals surface area contributed by atoms with E-state index in [1.807, 2.05) is 12.1 Å². The van der Waals surface area contributed by atoms with Crippen LogP contribution in [0.3, 0.4) is 0 Å². The molecule has 0 aliphatic carbocycles. The van der Waals surface area contributed by atoms with E-state index in [9.17, 15) is 13.2 Å². The van der Waals surface area contributed by atoms with Gasteiger partial charge in [0.1, 0.15) is 13.7 Å². The van der Waals surface area contributed by atoms with Crippen LogP contribution in [0.2, 0.25) is 0 Å². The van der Waals surface area contributed by atoms with Gasteiger partial charge in [0.15, 0.2) is 11.6 Å². The molecule has 3 aromatic rings. The number of benzene rings is 3. The first-order chi connectivity index (χ1) is 15.0. The van der Waals surface area contributed by atoms with Crippen LogP contribution in [0.15, 0.2) is 67.3 Å². The van der Waals surface area contributed by atoms with Gasteiger partial charge < -0.3 is 4.74 Å². The molecule has 1 fully saturated rings. The van der Waals surface area contributed by atoms with Crippen molar-refractivity contribution in [2.24, 2.45) is 0 Å². The third-order valence-corrected chi connectivity index (χ3v) is 6.09. The van der Waals surface area contributed by atoms with Crippen molar-refractivity contribution in [2.45, 2.75) is 31.2 Å². The minimum atomic E-state index is -0.837. The Balaban J connectivity index is 1.55. The van der Waals surface area contributed by atoms with Crippen molar-refractivity contribution in [3.63, 3.8) is 0 Å². The number of ether oxygens (including phenoxy) is 1. The van der Waals surface area contributed by atoms with Crippen LogP contribution in [0.5, 0.6) is 0 Å². The molecule has 2 atom stereocenters. The van der Waals surface area contributed by atoms with Crippen molar-refractivity contribution in [1.82, 2.24) is 0 Å². The molecule has 0 saturated carbocycles. The fourth-order valence-corrected chi connectivity index (χ4v) is 4.17. The summed E-state index contributed by atoms with van der Waals surface area (Å²) in [5.41, 5.74) is 3.37. The molecular formula is C26H24BF3O. The van der Waals surface area contributed by atoms with Gasteiger partial charge in [0, 0.05) is 11.5 Å². The second-order valence-corrected chi connectivity index (χ2v) is 7.95. The summed E-state index contributed by atoms with van der Waals surface area (Å²) in [5, 5.41) is 0. The van der Waals surface area contributed by atoms with Crippen LogP contribution < -0.4 is 0 Å². The highest BCUT2D eigenvalue weighted by molar-refractivity contribution is 6.08. The van der Waals surface area contributed by atoms with E-state index in [0.717, 1.165) is 24.0 Å². The highest BCUT2D eigenvalue weighted by Crippen LogP contribution is 2.33. The summed E-state index contributed by atoms with van der Waals surface area (Å²) < 4.78 is 49.1. The summed E-state index contributed by atoms with van der Waals surface area (Å²) in [7, 11) is 1.79. The van der Waals surface area contributed by atoms with E-state index in [0.29, 0.717) is 29.6 Å². The van der Waals surface area contributed by atoms with Gasteiger partial charge in [-0.05, 0) is 46.7 Å². The molecule has 1 aliphatic heterocycles. The summed E-state index contributed by atoms with van der Waals surface area (Å²) in [5.74, 6) is -1.85. The Morgan fingerprint density at radius 3 is 2.23 bits per heavy atom. The zero-order chi connectivity index (χ0) is 22.0. The van der Waals surface area contributed by atoms with E-state index in [1.165, 1.54) is 6.07 Å². The van der Waals surface area contributed by atoms with Gasteiger partial charge in [0.2, 0.25) is 0 Å². The lowest BCUT2D eigenvalue weighted by molar-refractivity contribution is 0.0321. The molecule has 3 aromatic carbocycles. The molecule has 1 heterocycles. The molecule has 1 nitrogen and oxygen atoms in total. The predicted octanol–water partition coefficient (Wildman–Crippen LogP) is 6.02. The molecule has 0 amide bonds. The maximum atomic E-state index is 14.8. The Bertz CT molecular complexity index is 1090. The van der Waals surface area contributed by atoms with Crippen LogP contribution in [0.25, 0.3) is 22.3 Å². The van der Waals surface area contributed by atoms with Crippen LogP contribution in [-0.4, -0.2) is 20.6 Å². The van der Waals surface area contributed by atoms with Crippen LogP contribution in [0.1, 0.15) is 29.9 Å². The first-order valence-corrected chi connectivity index (χ1v) is 10.6. The van der Waals surface area contributed by atoms with Gasteiger partial charge in [-0.2, -0.15) is 0 Å². The van der Waals surface area contributed by atoms with Gasteiger partial charge in [-0.1, -0.05) is 60.9 Å². The van der Waals surface area contributed by atoms with Gasteiger partial charge >= 0.3 is 0 Å². The minimum Gasteiger partial charge on any atom is -0.374 e. The molecule has 2 unspecified atom stereocenters. The van der Waals surface area contributed by atoms with E-state index >= 15 is 0 Å². The van der Waals surface area contributed by atoms with Gasteiger partial charge in [0.05, 0.1) is 12.7 Å². The Morgan fingerprint density at radius 1 is 0.903 bits per heavy atom. The van der Waals surface area contributed by atoms with E-state index in [2.05, 4.69) is 6.58 Å². The molecule has 0 radical (unpaired) electrons. The van der Waals surface area contributed by atoms with E-state index in [1.54, 1.807) is 50.3 Å². The largest absolute Gasteiger partial charge is 0.374 e. The summed E-state index contributed by atoms with van der Waals surface area (Å²) in [6.45, 7) is 4.24. The Hall–Kier alpha value is -2.79. The Morgan fingerprint density at radius 2 is 1.61 bits per heavy atom. The molecule has 0 aromatic heterocycles. The van der Waals surface area contributed by atoms with E-state index < -0.39 is 11.6 Å². The molecule has 4 rings (SSSR count). The Labute approximate surface area is 182 Å². The average Bonchev–Trinajstić information content (AvgIpc) is 2.81. The second-order valence-electron chi connectivity index (χ2n) is 7.95. The molecule has 0 bridgehead atoms. The Kier molecular flexibility index (Phi) is 6.33. The van der Waals surface area contributed by atoms with Crippen LogP contribution in [-0.2, 0) is 11.1 Å². The van der Waals surface area contributed by atoms with Gasteiger partial charge in [-0.25, -0.2) is 13.2 Å². The first-order valence-electron chi connectivity index (χ1n) is 10.6.